The molecule has 0 aromatic rings. The number of nitrogens with one attached hydrogen (secondary N) is 1. The maximum Gasteiger partial charge on any atom is 0.320 e. The molecule has 0 aromatic heterocycles. The lowest BCUT2D eigenvalue weighted by Crippen LogP contribution is -2.42. The minimum Gasteiger partial charge on any atom is -0.468 e. The van der Waals surface area contributed by atoms with Crippen molar-refractivity contribution in [1.82, 2.24) is 10.2 Å². The number of esters is 1. The van der Waals surface area contributed by atoms with Crippen molar-refractivity contribution in [1.29, 1.82) is 0 Å². The van der Waals surface area contributed by atoms with Gasteiger partial charge in [-0.15, -0.1) is 0 Å². The molecule has 1 unspecified atom stereocenters. The molecular formula is C11H19BrN2O3. The number of likely N-dealkylation sites (tertiary alicyclic amines) is 1. The first kappa shape index (κ1) is 14.4. The number of hydrogen-bond acceptors (Lipinski definition) is 4. The molecular weight excluding hydrogens is 288 g/mol. The van der Waals surface area contributed by atoms with Gasteiger partial charge in [-0.1, -0.05) is 15.9 Å². The second-order valence-electron chi connectivity index (χ2n) is 4.06. The fourth-order valence-corrected chi connectivity index (χ4v) is 2.19. The zero-order valence-electron chi connectivity index (χ0n) is 10.1. The molecule has 1 amide bonds. The van der Waals surface area contributed by atoms with Gasteiger partial charge in [0, 0.05) is 19.6 Å². The van der Waals surface area contributed by atoms with Gasteiger partial charge in [0.2, 0.25) is 5.91 Å². The number of ether oxygens (including phenoxy) is 1. The molecule has 0 bridgehead atoms. The molecule has 6 heteroatoms. The van der Waals surface area contributed by atoms with Gasteiger partial charge in [0.15, 0.2) is 0 Å². The van der Waals surface area contributed by atoms with Crippen LogP contribution in [0.1, 0.15) is 19.3 Å². The Hall–Kier alpha value is -0.620. The van der Waals surface area contributed by atoms with Crippen molar-refractivity contribution in [3.05, 3.63) is 0 Å². The maximum atomic E-state index is 11.8. The van der Waals surface area contributed by atoms with Gasteiger partial charge in [-0.25, -0.2) is 0 Å². The third kappa shape index (κ3) is 5.04. The SMILES string of the molecule is COC(=O)C(Br)CNCC(=O)N1CCCCC1. The van der Waals surface area contributed by atoms with Crippen molar-refractivity contribution in [2.45, 2.75) is 24.1 Å². The zero-order valence-corrected chi connectivity index (χ0v) is 11.7. The van der Waals surface area contributed by atoms with E-state index in [9.17, 15) is 9.59 Å². The van der Waals surface area contributed by atoms with E-state index >= 15 is 0 Å². The predicted molar refractivity (Wildman–Crippen MR) is 68.0 cm³/mol. The Morgan fingerprint density at radius 3 is 2.59 bits per heavy atom. The van der Waals surface area contributed by atoms with Crippen LogP contribution >= 0.6 is 15.9 Å². The molecule has 1 heterocycles. The molecule has 1 aliphatic rings. The molecule has 0 spiro atoms. The molecule has 1 atom stereocenters. The molecule has 98 valence electrons. The number of carbonyl (C=O) groups excluding carboxylic acids is 2. The molecule has 0 radical (unpaired) electrons. The van der Waals surface area contributed by atoms with Crippen molar-refractivity contribution < 1.29 is 14.3 Å². The van der Waals surface area contributed by atoms with Crippen LogP contribution in [0.4, 0.5) is 0 Å². The van der Waals surface area contributed by atoms with Crippen LogP contribution in [0.15, 0.2) is 0 Å². The van der Waals surface area contributed by atoms with Gasteiger partial charge in [-0.05, 0) is 19.3 Å². The van der Waals surface area contributed by atoms with E-state index in [2.05, 4.69) is 26.0 Å². The molecule has 0 aromatic carbocycles. The third-order valence-electron chi connectivity index (χ3n) is 2.77. The summed E-state index contributed by atoms with van der Waals surface area (Å²) < 4.78 is 4.56. The number of rotatable bonds is 5. The lowest BCUT2D eigenvalue weighted by molar-refractivity contribution is -0.140. The Balaban J connectivity index is 2.17. The Kier molecular flexibility index (Phi) is 6.50. The summed E-state index contributed by atoms with van der Waals surface area (Å²) in [7, 11) is 1.34. The van der Waals surface area contributed by atoms with E-state index in [0.717, 1.165) is 25.9 Å². The highest BCUT2D eigenvalue weighted by atomic mass is 79.9. The number of nitrogens with zero attached hydrogens (tertiary/aromatic N) is 1. The fraction of sp³-hybridized carbons (Fsp3) is 0.818. The van der Waals surface area contributed by atoms with Crippen molar-refractivity contribution in [3.8, 4) is 0 Å². The molecule has 0 aliphatic carbocycles. The Bertz CT molecular complexity index is 267. The van der Waals surface area contributed by atoms with Gasteiger partial charge < -0.3 is 15.0 Å². The number of carbonyl (C=O) groups is 2. The van der Waals surface area contributed by atoms with Gasteiger partial charge in [0.25, 0.3) is 0 Å². The van der Waals surface area contributed by atoms with Crippen LogP contribution in [-0.2, 0) is 14.3 Å². The standard InChI is InChI=1S/C11H19BrN2O3/c1-17-11(16)9(12)7-13-8-10(15)14-5-3-2-4-6-14/h9,13H,2-8H2,1H3. The maximum absolute atomic E-state index is 11.8. The Morgan fingerprint density at radius 1 is 1.35 bits per heavy atom. The molecule has 5 nitrogen and oxygen atoms in total. The van der Waals surface area contributed by atoms with Crippen LogP contribution in [0.25, 0.3) is 0 Å². The topological polar surface area (TPSA) is 58.6 Å². The lowest BCUT2D eigenvalue weighted by Gasteiger charge is -2.26. The van der Waals surface area contributed by atoms with Crippen LogP contribution in [-0.4, -0.2) is 54.9 Å². The Morgan fingerprint density at radius 2 is 2.00 bits per heavy atom. The van der Waals surface area contributed by atoms with Crippen molar-refractivity contribution in [3.63, 3.8) is 0 Å². The smallest absolute Gasteiger partial charge is 0.320 e. The molecule has 1 N–H and O–H groups in total. The number of piperidine rings is 1. The van der Waals surface area contributed by atoms with Gasteiger partial charge in [0.1, 0.15) is 4.83 Å². The van der Waals surface area contributed by atoms with E-state index in [-0.39, 0.29) is 18.4 Å². The summed E-state index contributed by atoms with van der Waals surface area (Å²) in [6.45, 7) is 2.38. The van der Waals surface area contributed by atoms with E-state index in [1.54, 1.807) is 0 Å². The van der Waals surface area contributed by atoms with Gasteiger partial charge in [-0.3, -0.25) is 9.59 Å². The van der Waals surface area contributed by atoms with Crippen molar-refractivity contribution >= 4 is 27.8 Å². The first-order valence-corrected chi connectivity index (χ1v) is 6.77. The minimum atomic E-state index is -0.401. The second kappa shape index (κ2) is 7.66. The average molecular weight is 307 g/mol. The van der Waals surface area contributed by atoms with Crippen LogP contribution in [0.2, 0.25) is 0 Å². The quantitative estimate of drug-likeness (QED) is 0.594. The summed E-state index contributed by atoms with van der Waals surface area (Å²) in [4.78, 5) is 24.3. The first-order chi connectivity index (χ1) is 8.15. The number of amides is 1. The molecule has 0 saturated carbocycles. The third-order valence-corrected chi connectivity index (χ3v) is 3.46. The first-order valence-electron chi connectivity index (χ1n) is 5.85. The number of halogens is 1. The van der Waals surface area contributed by atoms with Gasteiger partial charge in [0.05, 0.1) is 13.7 Å². The van der Waals surface area contributed by atoms with E-state index in [4.69, 9.17) is 0 Å². The number of methoxy groups -OCH3 is 1. The fourth-order valence-electron chi connectivity index (χ4n) is 1.77. The molecule has 1 rings (SSSR count). The van der Waals surface area contributed by atoms with Gasteiger partial charge in [-0.2, -0.15) is 0 Å². The summed E-state index contributed by atoms with van der Waals surface area (Å²) in [6, 6.07) is 0. The largest absolute Gasteiger partial charge is 0.468 e. The summed E-state index contributed by atoms with van der Waals surface area (Å²) >= 11 is 3.19. The summed E-state index contributed by atoms with van der Waals surface area (Å²) in [5.41, 5.74) is 0. The zero-order chi connectivity index (χ0) is 12.7. The molecule has 1 fully saturated rings. The predicted octanol–water partition coefficient (Wildman–Crippen LogP) is 0.525. The van der Waals surface area contributed by atoms with Crippen LogP contribution < -0.4 is 5.32 Å². The minimum absolute atomic E-state index is 0.106. The van der Waals surface area contributed by atoms with E-state index < -0.39 is 4.83 Å². The summed E-state index contributed by atoms with van der Waals surface area (Å²) in [5.74, 6) is -0.225. The molecule has 1 saturated heterocycles. The van der Waals surface area contributed by atoms with Crippen molar-refractivity contribution in [2.24, 2.45) is 0 Å². The summed E-state index contributed by atoms with van der Waals surface area (Å²) in [6.07, 6.45) is 3.40. The lowest BCUT2D eigenvalue weighted by atomic mass is 10.1. The Labute approximate surface area is 110 Å². The van der Waals surface area contributed by atoms with E-state index in [1.807, 2.05) is 4.90 Å². The monoisotopic (exact) mass is 306 g/mol. The summed E-state index contributed by atoms with van der Waals surface area (Å²) in [5, 5.41) is 2.96. The molecule has 17 heavy (non-hydrogen) atoms. The normalized spacial score (nSPS) is 17.6. The van der Waals surface area contributed by atoms with Crippen molar-refractivity contribution in [2.75, 3.05) is 33.3 Å². The number of hydrogen-bond donors (Lipinski definition) is 1. The van der Waals surface area contributed by atoms with E-state index in [0.29, 0.717) is 6.54 Å². The van der Waals surface area contributed by atoms with Gasteiger partial charge >= 0.3 is 5.97 Å². The van der Waals surface area contributed by atoms with Crippen LogP contribution in [0.5, 0.6) is 0 Å². The van der Waals surface area contributed by atoms with Crippen LogP contribution in [0.3, 0.4) is 0 Å². The molecule has 1 aliphatic heterocycles. The highest BCUT2D eigenvalue weighted by molar-refractivity contribution is 9.10. The van der Waals surface area contributed by atoms with Crippen LogP contribution in [0, 0.1) is 0 Å². The second-order valence-corrected chi connectivity index (χ2v) is 5.17. The van der Waals surface area contributed by atoms with E-state index in [1.165, 1.54) is 13.5 Å². The average Bonchev–Trinajstić information content (AvgIpc) is 2.38. The highest BCUT2D eigenvalue weighted by Gasteiger charge is 2.18. The number of alkyl halides is 1. The highest BCUT2D eigenvalue weighted by Crippen LogP contribution is 2.08.